The van der Waals surface area contributed by atoms with Gasteiger partial charge in [-0.1, -0.05) is 29.8 Å². The number of rotatable bonds is 8. The lowest BCUT2D eigenvalue weighted by Crippen LogP contribution is -2.34. The Morgan fingerprint density at radius 2 is 1.96 bits per heavy atom. The van der Waals surface area contributed by atoms with Crippen molar-refractivity contribution in [1.29, 1.82) is 0 Å². The molecule has 0 N–H and O–H groups in total. The van der Waals surface area contributed by atoms with Crippen LogP contribution in [0.5, 0.6) is 5.75 Å². The van der Waals surface area contributed by atoms with E-state index < -0.39 is 10.0 Å². The second kappa shape index (κ2) is 8.56. The summed E-state index contributed by atoms with van der Waals surface area (Å²) in [5, 5.41) is 0.231. The molecule has 27 heavy (non-hydrogen) atoms. The highest BCUT2D eigenvalue weighted by molar-refractivity contribution is 7.89. The summed E-state index contributed by atoms with van der Waals surface area (Å²) in [6.07, 6.45) is 2.75. The molecule has 2 aromatic heterocycles. The molecule has 0 aliphatic heterocycles. The second-order valence-corrected chi connectivity index (χ2v) is 8.17. The number of aromatic nitrogens is 1. The number of benzene rings is 1. The van der Waals surface area contributed by atoms with Crippen LogP contribution in [-0.2, 0) is 16.6 Å². The van der Waals surface area contributed by atoms with E-state index in [0.717, 1.165) is 11.3 Å². The molecule has 6 nitrogen and oxygen atoms in total. The van der Waals surface area contributed by atoms with Crippen LogP contribution in [0.3, 0.4) is 0 Å². The third kappa shape index (κ3) is 4.88. The largest absolute Gasteiger partial charge is 0.492 e. The quantitative estimate of drug-likeness (QED) is 0.530. The van der Waals surface area contributed by atoms with Crippen LogP contribution in [0.1, 0.15) is 11.3 Å². The van der Waals surface area contributed by atoms with E-state index in [4.69, 9.17) is 20.8 Å². The highest BCUT2D eigenvalue weighted by Gasteiger charge is 2.26. The first-order valence-corrected chi connectivity index (χ1v) is 10.1. The van der Waals surface area contributed by atoms with Gasteiger partial charge < -0.3 is 9.15 Å². The average molecular weight is 407 g/mol. The highest BCUT2D eigenvalue weighted by atomic mass is 35.5. The monoisotopic (exact) mass is 406 g/mol. The van der Waals surface area contributed by atoms with Crippen molar-refractivity contribution in [3.8, 4) is 5.75 Å². The van der Waals surface area contributed by atoms with Crippen molar-refractivity contribution < 1.29 is 17.6 Å². The lowest BCUT2D eigenvalue weighted by molar-refractivity contribution is 0.260. The van der Waals surface area contributed by atoms with Gasteiger partial charge in [0, 0.05) is 12.7 Å². The molecule has 8 heteroatoms. The van der Waals surface area contributed by atoms with Gasteiger partial charge in [0.2, 0.25) is 10.0 Å². The van der Waals surface area contributed by atoms with Gasteiger partial charge in [0.15, 0.2) is 0 Å². The smallest absolute Gasteiger partial charge is 0.245 e. The predicted molar refractivity (Wildman–Crippen MR) is 102 cm³/mol. The van der Waals surface area contributed by atoms with E-state index in [1.165, 1.54) is 28.9 Å². The molecular weight excluding hydrogens is 388 g/mol. The van der Waals surface area contributed by atoms with E-state index in [0.29, 0.717) is 5.76 Å². The van der Waals surface area contributed by atoms with E-state index in [-0.39, 0.29) is 29.7 Å². The first-order chi connectivity index (χ1) is 13.0. The summed E-state index contributed by atoms with van der Waals surface area (Å²) in [6, 6.07) is 13.9. The number of hydrogen-bond acceptors (Lipinski definition) is 5. The molecule has 142 valence electrons. The molecule has 0 bridgehead atoms. The summed E-state index contributed by atoms with van der Waals surface area (Å²) in [6.45, 7) is 2.38. The van der Waals surface area contributed by atoms with Gasteiger partial charge in [-0.25, -0.2) is 13.4 Å². The van der Waals surface area contributed by atoms with Crippen molar-refractivity contribution in [2.24, 2.45) is 0 Å². The Bertz CT molecular complexity index is 973. The van der Waals surface area contributed by atoms with Crippen LogP contribution in [0.25, 0.3) is 0 Å². The summed E-state index contributed by atoms with van der Waals surface area (Å²) in [7, 11) is -3.79. The Labute approximate surface area is 163 Å². The van der Waals surface area contributed by atoms with Gasteiger partial charge in [-0.2, -0.15) is 4.31 Å². The zero-order valence-corrected chi connectivity index (χ0v) is 16.3. The van der Waals surface area contributed by atoms with E-state index in [1.807, 2.05) is 31.2 Å². The van der Waals surface area contributed by atoms with Gasteiger partial charge in [0.05, 0.1) is 12.8 Å². The summed E-state index contributed by atoms with van der Waals surface area (Å²) < 4.78 is 38.4. The minimum absolute atomic E-state index is 0.0642. The summed E-state index contributed by atoms with van der Waals surface area (Å²) in [5.41, 5.74) is 0.986. The van der Waals surface area contributed by atoms with Crippen molar-refractivity contribution in [2.45, 2.75) is 18.4 Å². The van der Waals surface area contributed by atoms with E-state index >= 15 is 0 Å². The molecule has 0 atom stereocenters. The van der Waals surface area contributed by atoms with E-state index in [2.05, 4.69) is 4.98 Å². The Morgan fingerprint density at radius 1 is 1.15 bits per heavy atom. The lowest BCUT2D eigenvalue weighted by atomic mass is 10.2. The molecule has 0 aliphatic rings. The number of hydrogen-bond donors (Lipinski definition) is 0. The molecule has 2 heterocycles. The molecule has 0 saturated heterocycles. The van der Waals surface area contributed by atoms with E-state index in [9.17, 15) is 8.42 Å². The third-order valence-electron chi connectivity index (χ3n) is 3.94. The van der Waals surface area contributed by atoms with Crippen molar-refractivity contribution >= 4 is 21.6 Å². The van der Waals surface area contributed by atoms with Crippen LogP contribution < -0.4 is 4.74 Å². The molecule has 3 rings (SSSR count). The molecule has 0 spiro atoms. The van der Waals surface area contributed by atoms with Crippen molar-refractivity contribution in [3.63, 3.8) is 0 Å². The van der Waals surface area contributed by atoms with Crippen LogP contribution >= 0.6 is 11.6 Å². The maximum atomic E-state index is 13.0. The summed E-state index contributed by atoms with van der Waals surface area (Å²) in [4.78, 5) is 3.93. The zero-order valence-electron chi connectivity index (χ0n) is 14.7. The van der Waals surface area contributed by atoms with Crippen LogP contribution in [0.15, 0.2) is 70.3 Å². The highest BCUT2D eigenvalue weighted by Crippen LogP contribution is 2.20. The Balaban J connectivity index is 1.78. The molecule has 0 radical (unpaired) electrons. The predicted octanol–water partition coefficient (Wildman–Crippen LogP) is 3.91. The topological polar surface area (TPSA) is 72.6 Å². The minimum atomic E-state index is -3.79. The molecule has 0 aliphatic carbocycles. The Morgan fingerprint density at radius 3 is 2.63 bits per heavy atom. The SMILES string of the molecule is Cc1ccccc1OCCN(Cc1ccco1)S(=O)(=O)c1ccc(Cl)nc1. The summed E-state index contributed by atoms with van der Waals surface area (Å²) >= 11 is 5.77. The number of para-hydroxylation sites is 1. The standard InChI is InChI=1S/C19H19ClN2O4S/c1-15-5-2-3-7-18(15)26-12-10-22(14-16-6-4-11-25-16)27(23,24)17-8-9-19(20)21-13-17/h2-9,11,13H,10,12,14H2,1H3. The third-order valence-corrected chi connectivity index (χ3v) is 5.99. The van der Waals surface area contributed by atoms with Gasteiger partial charge >= 0.3 is 0 Å². The maximum absolute atomic E-state index is 13.0. The molecule has 3 aromatic rings. The van der Waals surface area contributed by atoms with E-state index in [1.54, 1.807) is 12.1 Å². The number of aryl methyl sites for hydroxylation is 1. The molecule has 0 unspecified atom stereocenters. The molecular formula is C19H19ClN2O4S. The fraction of sp³-hybridized carbons (Fsp3) is 0.211. The molecule has 0 amide bonds. The first kappa shape index (κ1) is 19.4. The number of furan rings is 1. The average Bonchev–Trinajstić information content (AvgIpc) is 3.16. The Hall–Kier alpha value is -2.35. The van der Waals surface area contributed by atoms with Gasteiger partial charge in [0.25, 0.3) is 0 Å². The van der Waals surface area contributed by atoms with Crippen molar-refractivity contribution in [1.82, 2.24) is 9.29 Å². The van der Waals surface area contributed by atoms with Gasteiger partial charge in [-0.15, -0.1) is 0 Å². The molecule has 1 aromatic carbocycles. The number of ether oxygens (including phenoxy) is 1. The van der Waals surface area contributed by atoms with Gasteiger partial charge in [0.1, 0.15) is 28.2 Å². The van der Waals surface area contributed by atoms with Gasteiger partial charge in [-0.05, 0) is 42.8 Å². The fourth-order valence-corrected chi connectivity index (χ4v) is 3.95. The summed E-state index contributed by atoms with van der Waals surface area (Å²) in [5.74, 6) is 1.26. The van der Waals surface area contributed by atoms with Gasteiger partial charge in [-0.3, -0.25) is 0 Å². The first-order valence-electron chi connectivity index (χ1n) is 8.29. The maximum Gasteiger partial charge on any atom is 0.245 e. The fourth-order valence-electron chi connectivity index (χ4n) is 2.50. The zero-order chi connectivity index (χ0) is 19.3. The Kier molecular flexibility index (Phi) is 6.15. The molecule has 0 fully saturated rings. The van der Waals surface area contributed by atoms with Crippen molar-refractivity contribution in [2.75, 3.05) is 13.2 Å². The van der Waals surface area contributed by atoms with Crippen LogP contribution in [-0.4, -0.2) is 30.9 Å². The minimum Gasteiger partial charge on any atom is -0.492 e. The number of nitrogens with zero attached hydrogens (tertiary/aromatic N) is 2. The van der Waals surface area contributed by atoms with Crippen molar-refractivity contribution in [3.05, 3.63) is 77.5 Å². The van der Waals surface area contributed by atoms with Crippen LogP contribution in [0.4, 0.5) is 0 Å². The number of halogens is 1. The second-order valence-electron chi connectivity index (χ2n) is 5.85. The molecule has 0 saturated carbocycles. The number of sulfonamides is 1. The van der Waals surface area contributed by atoms with Crippen LogP contribution in [0.2, 0.25) is 5.15 Å². The lowest BCUT2D eigenvalue weighted by Gasteiger charge is -2.21. The number of pyridine rings is 1. The normalized spacial score (nSPS) is 11.7. The van der Waals surface area contributed by atoms with Crippen LogP contribution in [0, 0.1) is 6.92 Å².